The number of halogens is 1. The van der Waals surface area contributed by atoms with Gasteiger partial charge in [0.15, 0.2) is 0 Å². The number of anilines is 1. The zero-order valence-electron chi connectivity index (χ0n) is 14.5. The summed E-state index contributed by atoms with van der Waals surface area (Å²) in [5.41, 5.74) is 2.41. The molecule has 1 aromatic heterocycles. The Morgan fingerprint density at radius 2 is 1.88 bits per heavy atom. The van der Waals surface area contributed by atoms with Crippen molar-refractivity contribution in [1.29, 1.82) is 0 Å². The maximum atomic E-state index is 13.1. The molecule has 1 saturated heterocycles. The van der Waals surface area contributed by atoms with Gasteiger partial charge in [0.1, 0.15) is 5.82 Å². The molecule has 2 heterocycles. The standard InChI is InChI=1S/C20H23FN2OS/c1-14-2-7-18-15(12-14)13-19(25-18)20(24)23-10-8-22(9-11-23)17-5-3-16(21)4-6-17/h3-6,13-14H,2,7-12H2,1H3. The van der Waals surface area contributed by atoms with Crippen molar-refractivity contribution in [1.82, 2.24) is 4.90 Å². The lowest BCUT2D eigenvalue weighted by molar-refractivity contribution is 0.0751. The fourth-order valence-corrected chi connectivity index (χ4v) is 4.96. The van der Waals surface area contributed by atoms with Gasteiger partial charge in [0.25, 0.3) is 5.91 Å². The molecule has 0 radical (unpaired) electrons. The van der Waals surface area contributed by atoms with Crippen LogP contribution in [0.15, 0.2) is 30.3 Å². The van der Waals surface area contributed by atoms with E-state index in [4.69, 9.17) is 0 Å². The molecule has 2 aromatic rings. The highest BCUT2D eigenvalue weighted by Gasteiger charge is 2.26. The first-order valence-corrected chi connectivity index (χ1v) is 9.83. The number of hydrogen-bond acceptors (Lipinski definition) is 3. The van der Waals surface area contributed by atoms with Crippen molar-refractivity contribution < 1.29 is 9.18 Å². The highest BCUT2D eigenvalue weighted by atomic mass is 32.1. The van der Waals surface area contributed by atoms with Crippen LogP contribution in [0, 0.1) is 11.7 Å². The van der Waals surface area contributed by atoms with Crippen molar-refractivity contribution in [2.75, 3.05) is 31.1 Å². The molecule has 0 saturated carbocycles. The van der Waals surface area contributed by atoms with Crippen LogP contribution in [0.3, 0.4) is 0 Å². The van der Waals surface area contributed by atoms with E-state index in [1.165, 1.54) is 29.0 Å². The number of hydrogen-bond donors (Lipinski definition) is 0. The van der Waals surface area contributed by atoms with Gasteiger partial charge in [-0.05, 0) is 61.1 Å². The zero-order chi connectivity index (χ0) is 17.4. The van der Waals surface area contributed by atoms with Crippen molar-refractivity contribution in [3.8, 4) is 0 Å². The van der Waals surface area contributed by atoms with E-state index in [-0.39, 0.29) is 11.7 Å². The number of rotatable bonds is 2. The molecule has 1 atom stereocenters. The molecule has 1 amide bonds. The Labute approximate surface area is 152 Å². The molecule has 25 heavy (non-hydrogen) atoms. The minimum atomic E-state index is -0.214. The number of piperazine rings is 1. The van der Waals surface area contributed by atoms with Crippen LogP contribution in [0.25, 0.3) is 0 Å². The number of carbonyl (C=O) groups is 1. The largest absolute Gasteiger partial charge is 0.368 e. The monoisotopic (exact) mass is 358 g/mol. The lowest BCUT2D eigenvalue weighted by Crippen LogP contribution is -2.48. The Bertz CT molecular complexity index is 763. The SMILES string of the molecule is CC1CCc2sc(C(=O)N3CCN(c4ccc(F)cc4)CC3)cc2C1. The first kappa shape index (κ1) is 16.6. The summed E-state index contributed by atoms with van der Waals surface area (Å²) in [6.45, 7) is 5.31. The van der Waals surface area contributed by atoms with Gasteiger partial charge in [0.2, 0.25) is 0 Å². The van der Waals surface area contributed by atoms with E-state index in [2.05, 4.69) is 17.9 Å². The second-order valence-electron chi connectivity index (χ2n) is 7.16. The smallest absolute Gasteiger partial charge is 0.264 e. The molecule has 1 fully saturated rings. The van der Waals surface area contributed by atoms with Crippen LogP contribution >= 0.6 is 11.3 Å². The minimum Gasteiger partial charge on any atom is -0.368 e. The van der Waals surface area contributed by atoms with Gasteiger partial charge in [0.05, 0.1) is 4.88 Å². The molecule has 1 aliphatic heterocycles. The van der Waals surface area contributed by atoms with Gasteiger partial charge in [-0.1, -0.05) is 6.92 Å². The quantitative estimate of drug-likeness (QED) is 0.811. The van der Waals surface area contributed by atoms with Gasteiger partial charge in [-0.25, -0.2) is 4.39 Å². The number of amides is 1. The lowest BCUT2D eigenvalue weighted by atomic mass is 9.90. The fourth-order valence-electron chi connectivity index (χ4n) is 3.79. The molecule has 1 aliphatic carbocycles. The van der Waals surface area contributed by atoms with E-state index in [1.54, 1.807) is 23.5 Å². The average molecular weight is 358 g/mol. The topological polar surface area (TPSA) is 23.6 Å². The second kappa shape index (κ2) is 6.79. The highest BCUT2D eigenvalue weighted by Crippen LogP contribution is 2.33. The Morgan fingerprint density at radius 3 is 2.60 bits per heavy atom. The van der Waals surface area contributed by atoms with E-state index >= 15 is 0 Å². The van der Waals surface area contributed by atoms with Gasteiger partial charge in [0, 0.05) is 36.7 Å². The molecular weight excluding hydrogens is 335 g/mol. The summed E-state index contributed by atoms with van der Waals surface area (Å²) in [6, 6.07) is 8.72. The summed E-state index contributed by atoms with van der Waals surface area (Å²) in [7, 11) is 0. The average Bonchev–Trinajstić information content (AvgIpc) is 3.05. The summed E-state index contributed by atoms with van der Waals surface area (Å²) in [6.07, 6.45) is 3.46. The molecule has 0 bridgehead atoms. The number of benzene rings is 1. The summed E-state index contributed by atoms with van der Waals surface area (Å²) >= 11 is 1.69. The zero-order valence-corrected chi connectivity index (χ0v) is 15.3. The van der Waals surface area contributed by atoms with Crippen molar-refractivity contribution >= 4 is 22.9 Å². The van der Waals surface area contributed by atoms with Gasteiger partial charge in [-0.15, -0.1) is 11.3 Å². The normalized spacial score (nSPS) is 20.5. The van der Waals surface area contributed by atoms with E-state index < -0.39 is 0 Å². The third-order valence-electron chi connectivity index (χ3n) is 5.30. The van der Waals surface area contributed by atoms with Crippen LogP contribution in [0.4, 0.5) is 10.1 Å². The van der Waals surface area contributed by atoms with Crippen LogP contribution in [0.5, 0.6) is 0 Å². The number of fused-ring (bicyclic) bond motifs is 1. The summed E-state index contributed by atoms with van der Waals surface area (Å²) < 4.78 is 13.1. The van der Waals surface area contributed by atoms with Crippen LogP contribution in [-0.4, -0.2) is 37.0 Å². The molecule has 0 N–H and O–H groups in total. The van der Waals surface area contributed by atoms with E-state index in [1.807, 2.05) is 4.90 Å². The maximum absolute atomic E-state index is 13.1. The number of carbonyl (C=O) groups excluding carboxylic acids is 1. The van der Waals surface area contributed by atoms with Crippen LogP contribution in [0.1, 0.15) is 33.5 Å². The van der Waals surface area contributed by atoms with Gasteiger partial charge in [-0.2, -0.15) is 0 Å². The number of aryl methyl sites for hydroxylation is 1. The summed E-state index contributed by atoms with van der Waals surface area (Å²) in [5.74, 6) is 0.684. The molecule has 2 aliphatic rings. The lowest BCUT2D eigenvalue weighted by Gasteiger charge is -2.36. The molecule has 0 spiro atoms. The van der Waals surface area contributed by atoms with Crippen LogP contribution in [-0.2, 0) is 12.8 Å². The summed E-state index contributed by atoms with van der Waals surface area (Å²) in [4.78, 5) is 19.3. The van der Waals surface area contributed by atoms with Crippen LogP contribution < -0.4 is 4.90 Å². The Morgan fingerprint density at radius 1 is 1.16 bits per heavy atom. The fraction of sp³-hybridized carbons (Fsp3) is 0.450. The molecule has 4 rings (SSSR count). The third kappa shape index (κ3) is 3.43. The molecule has 3 nitrogen and oxygen atoms in total. The molecule has 132 valence electrons. The molecule has 5 heteroatoms. The Hall–Kier alpha value is -1.88. The third-order valence-corrected chi connectivity index (χ3v) is 6.52. The molecular formula is C20H23FN2OS. The van der Waals surface area contributed by atoms with E-state index in [0.29, 0.717) is 0 Å². The highest BCUT2D eigenvalue weighted by molar-refractivity contribution is 7.14. The van der Waals surface area contributed by atoms with E-state index in [0.717, 1.165) is 55.5 Å². The maximum Gasteiger partial charge on any atom is 0.264 e. The first-order chi connectivity index (χ1) is 12.1. The van der Waals surface area contributed by atoms with Gasteiger partial charge in [-0.3, -0.25) is 4.79 Å². The Balaban J connectivity index is 1.40. The predicted octanol–water partition coefficient (Wildman–Crippen LogP) is 3.97. The molecule has 1 aromatic carbocycles. The predicted molar refractivity (Wildman–Crippen MR) is 100 cm³/mol. The second-order valence-corrected chi connectivity index (χ2v) is 8.30. The van der Waals surface area contributed by atoms with E-state index in [9.17, 15) is 9.18 Å². The van der Waals surface area contributed by atoms with Crippen molar-refractivity contribution in [3.05, 3.63) is 51.5 Å². The van der Waals surface area contributed by atoms with Crippen molar-refractivity contribution in [2.24, 2.45) is 5.92 Å². The summed E-state index contributed by atoms with van der Waals surface area (Å²) in [5, 5.41) is 0. The van der Waals surface area contributed by atoms with Crippen molar-refractivity contribution in [3.63, 3.8) is 0 Å². The Kier molecular flexibility index (Phi) is 4.50. The van der Waals surface area contributed by atoms with Crippen LogP contribution in [0.2, 0.25) is 0 Å². The van der Waals surface area contributed by atoms with Gasteiger partial charge >= 0.3 is 0 Å². The number of nitrogens with zero attached hydrogens (tertiary/aromatic N) is 2. The van der Waals surface area contributed by atoms with Gasteiger partial charge < -0.3 is 9.80 Å². The van der Waals surface area contributed by atoms with Crippen molar-refractivity contribution in [2.45, 2.75) is 26.2 Å². The first-order valence-electron chi connectivity index (χ1n) is 9.01. The number of thiophene rings is 1. The molecule has 1 unspecified atom stereocenters. The minimum absolute atomic E-state index is 0.172.